The monoisotopic (exact) mass is 535 g/mol. The van der Waals surface area contributed by atoms with Crippen LogP contribution in [0.5, 0.6) is 11.5 Å². The number of nitrogens with zero attached hydrogens (tertiary/aromatic N) is 3. The van der Waals surface area contributed by atoms with Crippen molar-refractivity contribution in [2.24, 2.45) is 10.4 Å². The van der Waals surface area contributed by atoms with E-state index in [2.05, 4.69) is 43.5 Å². The molecule has 6 nitrogen and oxygen atoms in total. The van der Waals surface area contributed by atoms with Gasteiger partial charge in [-0.3, -0.25) is 4.99 Å². The molecule has 0 aliphatic carbocycles. The second kappa shape index (κ2) is 10.5. The van der Waals surface area contributed by atoms with Crippen molar-refractivity contribution in [3.05, 3.63) is 52.8 Å². The fourth-order valence-corrected chi connectivity index (χ4v) is 4.79. The fourth-order valence-electron chi connectivity index (χ4n) is 3.74. The van der Waals surface area contributed by atoms with Crippen LogP contribution in [0.3, 0.4) is 0 Å². The smallest absolute Gasteiger partial charge is 0.198 e. The van der Waals surface area contributed by atoms with Crippen LogP contribution in [0.2, 0.25) is 30.7 Å². The van der Waals surface area contributed by atoms with Crippen LogP contribution in [0.1, 0.15) is 19.4 Å². The number of pyridine rings is 1. The molecule has 0 saturated carbocycles. The van der Waals surface area contributed by atoms with Crippen LogP contribution in [-0.2, 0) is 22.6 Å². The van der Waals surface area contributed by atoms with Gasteiger partial charge < -0.3 is 18.8 Å². The number of benzene rings is 1. The first kappa shape index (κ1) is 26.6. The molecule has 4 rings (SSSR count). The number of hydrogen-bond donors (Lipinski definition) is 0. The van der Waals surface area contributed by atoms with Crippen molar-refractivity contribution < 1.29 is 23.0 Å². The van der Waals surface area contributed by atoms with E-state index in [0.717, 1.165) is 6.04 Å². The summed E-state index contributed by atoms with van der Waals surface area (Å²) in [6.07, 6.45) is 3.40. The second-order valence-corrected chi connectivity index (χ2v) is 17.2. The van der Waals surface area contributed by atoms with Gasteiger partial charge >= 0.3 is 0 Å². The van der Waals surface area contributed by atoms with Crippen LogP contribution >= 0.6 is 11.6 Å². The lowest BCUT2D eigenvalue weighted by Crippen LogP contribution is -2.31. The Bertz CT molecular complexity index is 1260. The summed E-state index contributed by atoms with van der Waals surface area (Å²) in [7, 11) is -1.21. The summed E-state index contributed by atoms with van der Waals surface area (Å²) in [5.74, 6) is -1.47. The Morgan fingerprint density at radius 2 is 1.92 bits per heavy atom. The maximum Gasteiger partial charge on any atom is 0.198 e. The number of aromatic nitrogens is 2. The highest BCUT2D eigenvalue weighted by molar-refractivity contribution is 6.76. The van der Waals surface area contributed by atoms with Gasteiger partial charge in [0.2, 0.25) is 0 Å². The average molecular weight is 536 g/mol. The van der Waals surface area contributed by atoms with Crippen molar-refractivity contribution in [2.75, 3.05) is 19.8 Å². The van der Waals surface area contributed by atoms with Crippen LogP contribution in [-0.4, -0.2) is 43.3 Å². The Labute approximate surface area is 216 Å². The molecule has 0 amide bonds. The molecule has 0 atom stereocenters. The first-order valence-corrected chi connectivity index (χ1v) is 16.0. The van der Waals surface area contributed by atoms with Gasteiger partial charge in [-0.1, -0.05) is 45.1 Å². The van der Waals surface area contributed by atoms with Gasteiger partial charge in [0.15, 0.2) is 23.3 Å². The fraction of sp³-hybridized carbons (Fsp3) is 0.462. The zero-order valence-corrected chi connectivity index (χ0v) is 23.1. The third-order valence-corrected chi connectivity index (χ3v) is 7.83. The van der Waals surface area contributed by atoms with Gasteiger partial charge in [0, 0.05) is 38.9 Å². The maximum atomic E-state index is 15.0. The first-order valence-electron chi connectivity index (χ1n) is 11.9. The van der Waals surface area contributed by atoms with E-state index >= 15 is 0 Å². The van der Waals surface area contributed by atoms with E-state index in [4.69, 9.17) is 25.8 Å². The molecule has 1 aliphatic rings. The number of aliphatic imine (C=N–C) groups is 1. The van der Waals surface area contributed by atoms with Crippen LogP contribution in [0.25, 0.3) is 11.0 Å². The number of ether oxygens (including phenoxy) is 3. The van der Waals surface area contributed by atoms with E-state index in [1.54, 1.807) is 10.8 Å². The summed E-state index contributed by atoms with van der Waals surface area (Å²) in [5.41, 5.74) is 0.877. The standard InChI is InChI=1S/C26H32ClF2N3O3Si/c1-26(2)14-31-22(34-15-26)12-17-10-19(28)24(20(29)11-17)35-21-6-7-30-25-23(21)18(27)13-32(25)16-33-8-9-36(3,4)5/h6-7,10-11,13H,8-9,12,14-16H2,1-5H3. The molecule has 0 fully saturated rings. The molecule has 0 bridgehead atoms. The summed E-state index contributed by atoms with van der Waals surface area (Å²) in [6.45, 7) is 13.0. The van der Waals surface area contributed by atoms with Crippen LogP contribution in [0.15, 0.2) is 35.6 Å². The SMILES string of the molecule is CC1(C)CN=C(Cc2cc(F)c(Oc3ccnc4c3c(Cl)cn4COCC[Si](C)(C)C)c(F)c2)OC1. The molecule has 0 spiro atoms. The normalized spacial score (nSPS) is 15.6. The van der Waals surface area contributed by atoms with Crippen LogP contribution in [0.4, 0.5) is 8.78 Å². The molecule has 3 heterocycles. The van der Waals surface area contributed by atoms with Crippen molar-refractivity contribution in [3.63, 3.8) is 0 Å². The summed E-state index contributed by atoms with van der Waals surface area (Å²) in [5, 5.41) is 0.818. The summed E-state index contributed by atoms with van der Waals surface area (Å²) in [4.78, 5) is 8.78. The third kappa shape index (κ3) is 6.43. The summed E-state index contributed by atoms with van der Waals surface area (Å²) < 4.78 is 48.9. The Kier molecular flexibility index (Phi) is 7.73. The molecule has 0 radical (unpaired) electrons. The number of fused-ring (bicyclic) bond motifs is 1. The first-order chi connectivity index (χ1) is 16.9. The van der Waals surface area contributed by atoms with Crippen molar-refractivity contribution in [3.8, 4) is 11.5 Å². The number of halogens is 3. The molecule has 2 aromatic heterocycles. The van der Waals surface area contributed by atoms with Crippen molar-refractivity contribution in [1.82, 2.24) is 9.55 Å². The second-order valence-electron chi connectivity index (χ2n) is 11.1. The van der Waals surface area contributed by atoms with Gasteiger partial charge in [-0.25, -0.2) is 13.8 Å². The lowest BCUT2D eigenvalue weighted by molar-refractivity contribution is 0.0899. The van der Waals surface area contributed by atoms with Crippen LogP contribution < -0.4 is 4.74 Å². The quantitative estimate of drug-likeness (QED) is 0.217. The number of rotatable bonds is 9. The predicted octanol–water partition coefficient (Wildman–Crippen LogP) is 7.07. The third-order valence-electron chi connectivity index (χ3n) is 5.84. The lowest BCUT2D eigenvalue weighted by Gasteiger charge is -2.28. The summed E-state index contributed by atoms with van der Waals surface area (Å²) >= 11 is 6.46. The highest BCUT2D eigenvalue weighted by Gasteiger charge is 2.25. The van der Waals surface area contributed by atoms with Gasteiger partial charge in [-0.15, -0.1) is 0 Å². The van der Waals surface area contributed by atoms with Gasteiger partial charge in [-0.05, 0) is 29.8 Å². The van der Waals surface area contributed by atoms with Crippen molar-refractivity contribution in [2.45, 2.75) is 52.7 Å². The Morgan fingerprint density at radius 1 is 1.19 bits per heavy atom. The average Bonchev–Trinajstić information content (AvgIpc) is 3.11. The molecular weight excluding hydrogens is 504 g/mol. The molecular formula is C26H32ClF2N3O3Si. The molecule has 194 valence electrons. The molecule has 3 aromatic rings. The molecule has 1 aromatic carbocycles. The Hall–Kier alpha value is -2.49. The van der Waals surface area contributed by atoms with E-state index in [9.17, 15) is 8.78 Å². The number of hydrogen-bond acceptors (Lipinski definition) is 5. The highest BCUT2D eigenvalue weighted by atomic mass is 35.5. The zero-order valence-electron chi connectivity index (χ0n) is 21.3. The van der Waals surface area contributed by atoms with Crippen molar-refractivity contribution in [1.29, 1.82) is 0 Å². The highest BCUT2D eigenvalue weighted by Crippen LogP contribution is 2.37. The van der Waals surface area contributed by atoms with Gasteiger partial charge in [0.25, 0.3) is 0 Å². The summed E-state index contributed by atoms with van der Waals surface area (Å²) in [6, 6.07) is 5.04. The molecule has 36 heavy (non-hydrogen) atoms. The van der Waals surface area contributed by atoms with E-state index in [0.29, 0.717) is 47.3 Å². The topological polar surface area (TPSA) is 57.9 Å². The Morgan fingerprint density at radius 3 is 2.56 bits per heavy atom. The molecule has 1 aliphatic heterocycles. The van der Waals surface area contributed by atoms with Gasteiger partial charge in [-0.2, -0.15) is 0 Å². The molecule has 10 heteroatoms. The minimum atomic E-state index is -1.21. The van der Waals surface area contributed by atoms with E-state index in [-0.39, 0.29) is 24.3 Å². The Balaban J connectivity index is 1.52. The minimum absolute atomic E-state index is 0.0477. The van der Waals surface area contributed by atoms with Gasteiger partial charge in [0.05, 0.1) is 23.6 Å². The van der Waals surface area contributed by atoms with E-state index in [1.165, 1.54) is 24.4 Å². The molecule has 0 N–H and O–H groups in total. The predicted molar refractivity (Wildman–Crippen MR) is 141 cm³/mol. The van der Waals surface area contributed by atoms with E-state index < -0.39 is 25.5 Å². The van der Waals surface area contributed by atoms with Crippen molar-refractivity contribution >= 4 is 36.6 Å². The van der Waals surface area contributed by atoms with Gasteiger partial charge in [0.1, 0.15) is 18.1 Å². The largest absolute Gasteiger partial charge is 0.480 e. The molecule has 0 saturated heterocycles. The zero-order chi connectivity index (χ0) is 26.1. The van der Waals surface area contributed by atoms with E-state index in [1.807, 2.05) is 0 Å². The van der Waals surface area contributed by atoms with Crippen LogP contribution in [0, 0.1) is 17.0 Å². The minimum Gasteiger partial charge on any atom is -0.480 e. The maximum absolute atomic E-state index is 15.0. The lowest BCUT2D eigenvalue weighted by atomic mass is 9.94. The molecule has 0 unspecified atom stereocenters.